The van der Waals surface area contributed by atoms with Crippen molar-refractivity contribution >= 4 is 20.1 Å². The van der Waals surface area contributed by atoms with Crippen molar-refractivity contribution in [2.45, 2.75) is 71.0 Å². The average Bonchev–Trinajstić information content (AvgIpc) is 2.59. The van der Waals surface area contributed by atoms with Gasteiger partial charge in [-0.2, -0.15) is 0 Å². The molecule has 0 aliphatic heterocycles. The largest absolute Gasteiger partial charge is 0.507 e. The summed E-state index contributed by atoms with van der Waals surface area (Å²) >= 11 is -1.22. The molecule has 0 aliphatic rings. The molecular formula is C25H38AlNO. The van der Waals surface area contributed by atoms with Crippen LogP contribution in [-0.2, 0) is 12.0 Å². The Hall–Kier alpha value is -1.43. The predicted octanol–water partition coefficient (Wildman–Crippen LogP) is 7.00. The van der Waals surface area contributed by atoms with Gasteiger partial charge in [0.15, 0.2) is 0 Å². The molecule has 2 aromatic rings. The lowest BCUT2D eigenvalue weighted by atomic mass is 9.85. The minimum atomic E-state index is -1.22. The maximum Gasteiger partial charge on any atom is 0.414 e. The van der Waals surface area contributed by atoms with Gasteiger partial charge >= 0.3 is 14.4 Å². The Morgan fingerprint density at radius 2 is 1.43 bits per heavy atom. The monoisotopic (exact) mass is 395 g/mol. The fourth-order valence-electron chi connectivity index (χ4n) is 4.00. The van der Waals surface area contributed by atoms with E-state index in [-0.39, 0.29) is 5.41 Å². The Balaban J connectivity index is 2.46. The molecule has 0 spiro atoms. The molecule has 0 fully saturated rings. The molecule has 0 aliphatic carbocycles. The molecule has 0 unspecified atom stereocenters. The van der Waals surface area contributed by atoms with Crippen LogP contribution in [0.1, 0.15) is 59.6 Å². The molecule has 152 valence electrons. The quantitative estimate of drug-likeness (QED) is 0.486. The second kappa shape index (κ2) is 9.86. The topological polar surface area (TPSA) is 23.5 Å². The Kier molecular flexibility index (Phi) is 8.05. The highest BCUT2D eigenvalue weighted by Gasteiger charge is 2.30. The summed E-state index contributed by atoms with van der Waals surface area (Å²) in [5.41, 5.74) is 3.30. The summed E-state index contributed by atoms with van der Waals surface area (Å²) in [6.07, 6.45) is 0. The highest BCUT2D eigenvalue weighted by molar-refractivity contribution is 6.63. The summed E-state index contributed by atoms with van der Waals surface area (Å²) in [6, 6.07) is 17.0. The van der Waals surface area contributed by atoms with Crippen LogP contribution < -0.4 is 3.88 Å². The maximum absolute atomic E-state index is 11.1. The number of nitrogens with zero attached hydrogens (tertiary/aromatic N) is 1. The molecule has 0 atom stereocenters. The van der Waals surface area contributed by atoms with Crippen molar-refractivity contribution < 1.29 is 5.11 Å². The van der Waals surface area contributed by atoms with E-state index in [1.807, 2.05) is 0 Å². The first-order chi connectivity index (χ1) is 13.1. The van der Waals surface area contributed by atoms with E-state index in [0.717, 1.165) is 17.7 Å². The van der Waals surface area contributed by atoms with Crippen molar-refractivity contribution in [1.29, 1.82) is 0 Å². The molecule has 28 heavy (non-hydrogen) atoms. The van der Waals surface area contributed by atoms with E-state index in [0.29, 0.717) is 17.6 Å². The number of anilines is 1. The second-order valence-corrected chi connectivity index (χ2v) is 12.8. The zero-order valence-electron chi connectivity index (χ0n) is 18.9. The lowest BCUT2D eigenvalue weighted by Gasteiger charge is -2.34. The average molecular weight is 396 g/mol. The van der Waals surface area contributed by atoms with E-state index in [4.69, 9.17) is 0 Å². The number of phenols is 1. The molecular weight excluding hydrogens is 357 g/mol. The van der Waals surface area contributed by atoms with E-state index < -0.39 is 14.4 Å². The van der Waals surface area contributed by atoms with Gasteiger partial charge in [0.1, 0.15) is 5.75 Å². The van der Waals surface area contributed by atoms with E-state index in [2.05, 4.69) is 101 Å². The summed E-state index contributed by atoms with van der Waals surface area (Å²) in [5, 5.41) is 13.6. The van der Waals surface area contributed by atoms with Crippen LogP contribution in [0, 0.1) is 11.8 Å². The number of phenolic OH excluding ortho intramolecular Hbond substituents is 1. The summed E-state index contributed by atoms with van der Waals surface area (Å²) in [4.78, 5) is 0. The number of rotatable bonds is 8. The van der Waals surface area contributed by atoms with Crippen molar-refractivity contribution in [3.05, 3.63) is 59.7 Å². The van der Waals surface area contributed by atoms with Crippen LogP contribution in [-0.4, -0.2) is 19.5 Å². The smallest absolute Gasteiger partial charge is 0.414 e. The Labute approximate surface area is 177 Å². The van der Waals surface area contributed by atoms with Crippen LogP contribution in [0.25, 0.3) is 0 Å². The van der Waals surface area contributed by atoms with Gasteiger partial charge < -0.3 is 8.99 Å². The van der Waals surface area contributed by atoms with E-state index >= 15 is 0 Å². The van der Waals surface area contributed by atoms with E-state index in [9.17, 15) is 5.11 Å². The molecule has 2 rings (SSSR count). The van der Waals surface area contributed by atoms with Gasteiger partial charge in [-0.25, -0.2) is 0 Å². The summed E-state index contributed by atoms with van der Waals surface area (Å²) < 4.78 is 2.64. The van der Waals surface area contributed by atoms with Gasteiger partial charge in [0.25, 0.3) is 0 Å². The molecule has 0 amide bonds. The van der Waals surface area contributed by atoms with Gasteiger partial charge in [-0.1, -0.05) is 107 Å². The van der Waals surface area contributed by atoms with Crippen LogP contribution in [0.4, 0.5) is 5.69 Å². The molecule has 0 saturated heterocycles. The number of hydrogen-bond donors (Lipinski definition) is 1. The molecule has 0 heterocycles. The number of benzene rings is 2. The first-order valence-electron chi connectivity index (χ1n) is 10.7. The van der Waals surface area contributed by atoms with E-state index in [1.165, 1.54) is 16.3 Å². The molecule has 2 aromatic carbocycles. The third-order valence-corrected chi connectivity index (χ3v) is 9.62. The van der Waals surface area contributed by atoms with Crippen LogP contribution >= 0.6 is 0 Å². The Morgan fingerprint density at radius 3 is 1.93 bits per heavy atom. The second-order valence-electron chi connectivity index (χ2n) is 9.94. The number of hydrogen-bond acceptors (Lipinski definition) is 2. The fraction of sp³-hybridized carbons (Fsp3) is 0.520. The summed E-state index contributed by atoms with van der Waals surface area (Å²) in [5.74, 6) is 1.85. The molecule has 0 aromatic heterocycles. The third kappa shape index (κ3) is 6.30. The van der Waals surface area contributed by atoms with Crippen LogP contribution in [0.15, 0.2) is 48.5 Å². The maximum atomic E-state index is 11.1. The van der Waals surface area contributed by atoms with Gasteiger partial charge in [0.05, 0.1) is 0 Å². The van der Waals surface area contributed by atoms with Crippen molar-refractivity contribution in [3.8, 4) is 5.75 Å². The normalized spacial score (nSPS) is 11.9. The third-order valence-electron chi connectivity index (χ3n) is 5.28. The van der Waals surface area contributed by atoms with E-state index in [1.54, 1.807) is 0 Å². The summed E-state index contributed by atoms with van der Waals surface area (Å²) in [7, 11) is 0. The zero-order valence-corrected chi connectivity index (χ0v) is 20.0. The van der Waals surface area contributed by atoms with Crippen LogP contribution in [0.5, 0.6) is 5.75 Å². The van der Waals surface area contributed by atoms with Crippen molar-refractivity contribution in [3.63, 3.8) is 0 Å². The Bertz CT molecular complexity index is 724. The molecule has 1 N–H and O–H groups in total. The van der Waals surface area contributed by atoms with Gasteiger partial charge in [-0.3, -0.25) is 0 Å². The number of para-hydroxylation sites is 2. The van der Waals surface area contributed by atoms with Crippen molar-refractivity contribution in [2.75, 3.05) is 3.88 Å². The van der Waals surface area contributed by atoms with Gasteiger partial charge in [-0.05, 0) is 23.1 Å². The lowest BCUT2D eigenvalue weighted by Crippen LogP contribution is -2.40. The standard InChI is InChI=1S/C17H20NO.2C4H9.Al/c1-17(2,3)15-11-7-8-13(16(15)19)12-18-14-9-5-4-6-10-14;2*1-4(2)3;/h4-11,19H,12H2,1-3H3;2*4H,1H2,2-3H3;/q-1;;;+1. The van der Waals surface area contributed by atoms with Gasteiger partial charge in [-0.15, -0.1) is 0 Å². The Morgan fingerprint density at radius 1 is 0.857 bits per heavy atom. The van der Waals surface area contributed by atoms with Crippen LogP contribution in [0.3, 0.4) is 0 Å². The SMILES string of the molecule is CC(C)[CH2][Al]([CH2]C(C)C)[N](Cc1cccc(C(C)(C)C)c1O)c1ccccc1. The summed E-state index contributed by atoms with van der Waals surface area (Å²) in [6.45, 7) is 16.6. The van der Waals surface area contributed by atoms with Gasteiger partial charge in [0.2, 0.25) is 0 Å². The molecule has 0 bridgehead atoms. The van der Waals surface area contributed by atoms with Crippen LogP contribution in [0.2, 0.25) is 10.6 Å². The highest BCUT2D eigenvalue weighted by Crippen LogP contribution is 2.35. The van der Waals surface area contributed by atoms with Gasteiger partial charge in [0, 0.05) is 17.8 Å². The molecule has 0 saturated carbocycles. The first-order valence-corrected chi connectivity index (χ1v) is 12.9. The molecule has 3 heteroatoms. The highest BCUT2D eigenvalue weighted by atomic mass is 27.2. The minimum absolute atomic E-state index is 0.0651. The fourth-order valence-corrected chi connectivity index (χ4v) is 7.92. The minimum Gasteiger partial charge on any atom is -0.507 e. The lowest BCUT2D eigenvalue weighted by molar-refractivity contribution is 0.440. The molecule has 0 radical (unpaired) electrons. The predicted molar refractivity (Wildman–Crippen MR) is 124 cm³/mol. The molecule has 2 nitrogen and oxygen atoms in total. The zero-order chi connectivity index (χ0) is 20.9. The van der Waals surface area contributed by atoms with Crippen molar-refractivity contribution in [1.82, 2.24) is 0 Å². The first kappa shape index (κ1) is 22.9. The number of aromatic hydroxyl groups is 1. The van der Waals surface area contributed by atoms with Crippen molar-refractivity contribution in [2.24, 2.45) is 11.8 Å².